The number of rotatable bonds is 11. The van der Waals surface area contributed by atoms with E-state index in [-0.39, 0.29) is 19.1 Å². The Kier molecular flexibility index (Phi) is 8.62. The van der Waals surface area contributed by atoms with E-state index in [9.17, 15) is 9.36 Å². The zero-order chi connectivity index (χ0) is 26.4. The molecule has 1 aliphatic heterocycles. The Morgan fingerprint density at radius 2 is 1.62 bits per heavy atom. The maximum absolute atomic E-state index is 13.5. The van der Waals surface area contributed by atoms with Crippen LogP contribution in [0, 0.1) is 0 Å². The smallest absolute Gasteiger partial charge is 0.354 e. The van der Waals surface area contributed by atoms with E-state index in [2.05, 4.69) is 41.6 Å². The van der Waals surface area contributed by atoms with Gasteiger partial charge in [-0.25, -0.2) is 0 Å². The molecule has 7 nitrogen and oxygen atoms in total. The molecule has 8 heteroatoms. The Labute approximate surface area is 219 Å². The molecule has 1 amide bonds. The first-order valence-corrected chi connectivity index (χ1v) is 14.1. The number of carbonyl (C=O) groups is 1. The molecular weight excluding hydrogens is 485 g/mol. The van der Waals surface area contributed by atoms with Crippen LogP contribution in [0.2, 0.25) is 0 Å². The van der Waals surface area contributed by atoms with Crippen LogP contribution in [0.1, 0.15) is 37.5 Å². The van der Waals surface area contributed by atoms with Crippen molar-refractivity contribution < 1.29 is 18.4 Å². The second-order valence-electron chi connectivity index (χ2n) is 8.79. The topological polar surface area (TPSA) is 79.9 Å². The summed E-state index contributed by atoms with van der Waals surface area (Å²) in [5, 5.41) is 6.85. The summed E-state index contributed by atoms with van der Waals surface area (Å²) in [6, 6.07) is 23.1. The van der Waals surface area contributed by atoms with Crippen molar-refractivity contribution in [2.75, 3.05) is 37.4 Å². The average Bonchev–Trinajstić information content (AvgIpc) is 3.23. The van der Waals surface area contributed by atoms with Gasteiger partial charge in [-0.1, -0.05) is 49.4 Å². The van der Waals surface area contributed by atoms with E-state index in [1.54, 1.807) is 32.0 Å². The molecule has 3 aromatic carbocycles. The van der Waals surface area contributed by atoms with Crippen molar-refractivity contribution >= 4 is 41.5 Å². The van der Waals surface area contributed by atoms with Gasteiger partial charge in [-0.3, -0.25) is 9.36 Å². The summed E-state index contributed by atoms with van der Waals surface area (Å²) >= 11 is 0. The van der Waals surface area contributed by atoms with Crippen LogP contribution in [0.25, 0.3) is 11.3 Å². The van der Waals surface area contributed by atoms with Crippen molar-refractivity contribution in [1.29, 1.82) is 0 Å². The van der Waals surface area contributed by atoms with Gasteiger partial charge in [0, 0.05) is 23.5 Å². The van der Waals surface area contributed by atoms with Crippen LogP contribution in [0.5, 0.6) is 0 Å². The fourth-order valence-electron chi connectivity index (χ4n) is 4.25. The Morgan fingerprint density at radius 1 is 0.946 bits per heavy atom. The monoisotopic (exact) mass is 519 g/mol. The number of nitrogens with zero attached hydrogens (tertiary/aromatic N) is 1. The molecule has 0 bridgehead atoms. The lowest BCUT2D eigenvalue weighted by Crippen LogP contribution is -2.16. The van der Waals surface area contributed by atoms with Crippen molar-refractivity contribution in [3.63, 3.8) is 0 Å². The molecule has 0 unspecified atom stereocenters. The summed E-state index contributed by atoms with van der Waals surface area (Å²) in [4.78, 5) is 15.5. The molecule has 0 aromatic heterocycles. The molecule has 0 saturated heterocycles. The molecule has 1 aliphatic rings. The first-order chi connectivity index (χ1) is 17.9. The van der Waals surface area contributed by atoms with Gasteiger partial charge in [-0.05, 0) is 68.9 Å². The molecule has 0 atom stereocenters. The third kappa shape index (κ3) is 6.03. The molecule has 2 N–H and O–H groups in total. The van der Waals surface area contributed by atoms with E-state index in [4.69, 9.17) is 9.05 Å². The molecule has 37 heavy (non-hydrogen) atoms. The lowest BCUT2D eigenvalue weighted by Gasteiger charge is -2.19. The van der Waals surface area contributed by atoms with Crippen LogP contribution < -0.4 is 15.9 Å². The first-order valence-electron chi connectivity index (χ1n) is 12.6. The number of hydrogen-bond acceptors (Lipinski definition) is 6. The number of anilines is 2. The largest absolute Gasteiger partial charge is 0.361 e. The number of carbonyl (C=O) groups excluding carboxylic acids is 1. The standard InChI is InChI=1S/C29H34N3O4P/c1-5-32(4)20-21-13-15-23(16-14-21)30-28(22-11-9-8-10-12-22)27-25-19-24(17-18-26(25)31-29(27)33)37(34,35-6-2)36-7-3/h8-19,30H,5-7,20H2,1-4H3,(H,31,33). The van der Waals surface area contributed by atoms with Gasteiger partial charge in [0.2, 0.25) is 0 Å². The van der Waals surface area contributed by atoms with Gasteiger partial charge in [0.15, 0.2) is 0 Å². The SMILES string of the molecule is CCOP(=O)(OCC)c1ccc2c(c1)C(=C(Nc1ccc(CN(C)CC)cc1)c1ccccc1)C(=O)N2. The van der Waals surface area contributed by atoms with Gasteiger partial charge in [-0.2, -0.15) is 0 Å². The van der Waals surface area contributed by atoms with Crippen molar-refractivity contribution in [2.45, 2.75) is 27.3 Å². The zero-order valence-electron chi connectivity index (χ0n) is 21.8. The molecule has 4 rings (SSSR count). The number of benzene rings is 3. The van der Waals surface area contributed by atoms with Gasteiger partial charge < -0.3 is 24.6 Å². The second kappa shape index (κ2) is 11.9. The van der Waals surface area contributed by atoms with Crippen molar-refractivity contribution in [2.24, 2.45) is 0 Å². The molecule has 0 fully saturated rings. The van der Waals surface area contributed by atoms with Crippen molar-refractivity contribution in [3.05, 3.63) is 89.5 Å². The molecule has 0 aliphatic carbocycles. The van der Waals surface area contributed by atoms with Gasteiger partial charge in [0.25, 0.3) is 5.91 Å². The zero-order valence-corrected chi connectivity index (χ0v) is 22.7. The maximum atomic E-state index is 13.5. The Balaban J connectivity index is 1.80. The van der Waals surface area contributed by atoms with Crippen LogP contribution >= 0.6 is 7.60 Å². The van der Waals surface area contributed by atoms with E-state index >= 15 is 0 Å². The highest BCUT2D eigenvalue weighted by atomic mass is 31.2. The number of nitrogens with one attached hydrogen (secondary N) is 2. The summed E-state index contributed by atoms with van der Waals surface area (Å²) in [7, 11) is -1.44. The minimum atomic E-state index is -3.53. The van der Waals surface area contributed by atoms with Crippen molar-refractivity contribution in [3.8, 4) is 0 Å². The lowest BCUT2D eigenvalue weighted by atomic mass is 10.00. The molecule has 1 heterocycles. The fourth-order valence-corrected chi connectivity index (χ4v) is 5.84. The van der Waals surface area contributed by atoms with Crippen LogP contribution in [0.4, 0.5) is 11.4 Å². The molecule has 3 aromatic rings. The van der Waals surface area contributed by atoms with Crippen LogP contribution in [0.3, 0.4) is 0 Å². The van der Waals surface area contributed by atoms with E-state index in [0.29, 0.717) is 27.8 Å². The summed E-state index contributed by atoms with van der Waals surface area (Å²) in [5.41, 5.74) is 5.36. The van der Waals surface area contributed by atoms with Gasteiger partial charge >= 0.3 is 7.60 Å². The minimum Gasteiger partial charge on any atom is -0.354 e. The molecule has 0 saturated carbocycles. The highest BCUT2D eigenvalue weighted by Crippen LogP contribution is 2.48. The summed E-state index contributed by atoms with van der Waals surface area (Å²) in [6.45, 7) is 8.01. The number of hydrogen-bond donors (Lipinski definition) is 2. The Morgan fingerprint density at radius 3 is 2.24 bits per heavy atom. The van der Waals surface area contributed by atoms with Gasteiger partial charge in [-0.15, -0.1) is 0 Å². The summed E-state index contributed by atoms with van der Waals surface area (Å²) in [5.74, 6) is -0.234. The normalized spacial score (nSPS) is 14.5. The minimum absolute atomic E-state index is 0.234. The summed E-state index contributed by atoms with van der Waals surface area (Å²) < 4.78 is 24.6. The highest BCUT2D eigenvalue weighted by molar-refractivity contribution is 7.62. The third-order valence-corrected chi connectivity index (χ3v) is 8.30. The second-order valence-corrected chi connectivity index (χ2v) is 10.8. The molecule has 0 radical (unpaired) electrons. The molecule has 194 valence electrons. The average molecular weight is 520 g/mol. The number of fused-ring (bicyclic) bond motifs is 1. The Hall–Kier alpha value is -3.22. The lowest BCUT2D eigenvalue weighted by molar-refractivity contribution is -0.110. The third-order valence-electron chi connectivity index (χ3n) is 6.19. The van der Waals surface area contributed by atoms with Crippen LogP contribution in [-0.2, 0) is 25.0 Å². The van der Waals surface area contributed by atoms with E-state index in [1.165, 1.54) is 5.56 Å². The fraction of sp³-hybridized carbons (Fsp3) is 0.276. The highest BCUT2D eigenvalue weighted by Gasteiger charge is 2.33. The predicted octanol–water partition coefficient (Wildman–Crippen LogP) is 5.96. The van der Waals surface area contributed by atoms with E-state index in [0.717, 1.165) is 24.3 Å². The quantitative estimate of drug-likeness (QED) is 0.240. The maximum Gasteiger partial charge on any atom is 0.361 e. The van der Waals surface area contributed by atoms with Crippen molar-refractivity contribution in [1.82, 2.24) is 4.90 Å². The predicted molar refractivity (Wildman–Crippen MR) is 151 cm³/mol. The van der Waals surface area contributed by atoms with E-state index < -0.39 is 7.60 Å². The molecular formula is C29H34N3O4P. The van der Waals surface area contributed by atoms with E-state index in [1.807, 2.05) is 42.5 Å². The van der Waals surface area contributed by atoms with Crippen LogP contribution in [-0.4, -0.2) is 37.6 Å². The molecule has 0 spiro atoms. The van der Waals surface area contributed by atoms with Crippen LogP contribution in [0.15, 0.2) is 72.8 Å². The Bertz CT molecular complexity index is 1310. The first kappa shape index (κ1) is 26.8. The summed E-state index contributed by atoms with van der Waals surface area (Å²) in [6.07, 6.45) is 0. The van der Waals surface area contributed by atoms with Gasteiger partial charge in [0.05, 0.1) is 29.8 Å². The number of amides is 1. The van der Waals surface area contributed by atoms with Gasteiger partial charge in [0.1, 0.15) is 0 Å².